The highest BCUT2D eigenvalue weighted by Crippen LogP contribution is 2.13. The molecule has 0 spiro atoms. The zero-order valence-corrected chi connectivity index (χ0v) is 10.0. The highest BCUT2D eigenvalue weighted by Gasteiger charge is 2.17. The molecule has 0 aliphatic carbocycles. The van der Waals surface area contributed by atoms with E-state index in [9.17, 15) is 4.79 Å². The van der Waals surface area contributed by atoms with Gasteiger partial charge in [0.2, 0.25) is 0 Å². The number of rotatable bonds is 2. The van der Waals surface area contributed by atoms with E-state index >= 15 is 0 Å². The lowest BCUT2D eigenvalue weighted by molar-refractivity contribution is 0.0593. The van der Waals surface area contributed by atoms with Crippen LogP contribution in [0.3, 0.4) is 0 Å². The summed E-state index contributed by atoms with van der Waals surface area (Å²) >= 11 is 0. The van der Waals surface area contributed by atoms with Crippen LogP contribution in [0.25, 0.3) is 5.69 Å². The molecule has 0 atom stereocenters. The van der Waals surface area contributed by atoms with Gasteiger partial charge in [0.15, 0.2) is 5.69 Å². The molecular formula is C13H11N3O2. The summed E-state index contributed by atoms with van der Waals surface area (Å²) in [6, 6.07) is 9.54. The van der Waals surface area contributed by atoms with Crippen molar-refractivity contribution in [3.8, 4) is 11.8 Å². The highest BCUT2D eigenvalue weighted by molar-refractivity contribution is 5.89. The second-order valence-corrected chi connectivity index (χ2v) is 3.78. The Kier molecular flexibility index (Phi) is 3.11. The van der Waals surface area contributed by atoms with E-state index in [0.717, 1.165) is 11.3 Å². The van der Waals surface area contributed by atoms with Gasteiger partial charge in [0.25, 0.3) is 0 Å². The van der Waals surface area contributed by atoms with Crippen LogP contribution in [0.15, 0.2) is 30.5 Å². The average molecular weight is 241 g/mol. The molecule has 0 fully saturated rings. The third kappa shape index (κ3) is 2.09. The first-order valence-corrected chi connectivity index (χ1v) is 5.31. The molecule has 1 aromatic heterocycles. The van der Waals surface area contributed by atoms with E-state index in [0.29, 0.717) is 0 Å². The number of aryl methyl sites for hydroxylation is 1. The number of hydrogen-bond donors (Lipinski definition) is 0. The molecule has 0 saturated heterocycles. The van der Waals surface area contributed by atoms with Crippen LogP contribution >= 0.6 is 0 Å². The Hall–Kier alpha value is -2.61. The summed E-state index contributed by atoms with van der Waals surface area (Å²) in [5, 5.41) is 13.0. The molecule has 5 heteroatoms. The van der Waals surface area contributed by atoms with Gasteiger partial charge in [0, 0.05) is 6.20 Å². The number of nitriles is 1. The molecule has 0 unspecified atom stereocenters. The average Bonchev–Trinajstić information content (AvgIpc) is 2.82. The van der Waals surface area contributed by atoms with Crippen LogP contribution in [0.1, 0.15) is 21.6 Å². The molecule has 90 valence electrons. The number of esters is 1. The fourth-order valence-electron chi connectivity index (χ4n) is 1.61. The number of nitrogens with zero attached hydrogens (tertiary/aromatic N) is 3. The van der Waals surface area contributed by atoms with Gasteiger partial charge in [0.05, 0.1) is 12.8 Å². The van der Waals surface area contributed by atoms with Crippen LogP contribution < -0.4 is 0 Å². The number of aromatic nitrogens is 2. The summed E-state index contributed by atoms with van der Waals surface area (Å²) < 4.78 is 6.08. The maximum atomic E-state index is 11.5. The molecule has 0 N–H and O–H groups in total. The molecule has 1 heterocycles. The van der Waals surface area contributed by atoms with Crippen LogP contribution in [0.5, 0.6) is 0 Å². The first-order valence-electron chi connectivity index (χ1n) is 5.31. The molecule has 0 saturated carbocycles. The molecule has 5 nitrogen and oxygen atoms in total. The Morgan fingerprint density at radius 2 is 2.28 bits per heavy atom. The maximum Gasteiger partial charge on any atom is 0.359 e. The van der Waals surface area contributed by atoms with Crippen LogP contribution in [0.2, 0.25) is 0 Å². The van der Waals surface area contributed by atoms with Crippen molar-refractivity contribution < 1.29 is 9.53 Å². The standard InChI is InChI=1S/C13H11N3O2/c1-9-4-3-5-11(6-9)16-8-10(7-14)12(15-16)13(17)18-2/h3-6,8H,1-2H3. The summed E-state index contributed by atoms with van der Waals surface area (Å²) in [5.41, 5.74) is 2.09. The topological polar surface area (TPSA) is 67.9 Å². The zero-order valence-electron chi connectivity index (χ0n) is 10.0. The predicted octanol–water partition coefficient (Wildman–Crippen LogP) is 1.84. The van der Waals surface area contributed by atoms with Crippen LogP contribution in [-0.2, 0) is 4.74 Å². The van der Waals surface area contributed by atoms with E-state index < -0.39 is 5.97 Å². The van der Waals surface area contributed by atoms with Gasteiger partial charge in [-0.25, -0.2) is 9.48 Å². The fraction of sp³-hybridized carbons (Fsp3) is 0.154. The Balaban J connectivity index is 2.51. The second-order valence-electron chi connectivity index (χ2n) is 3.78. The molecule has 0 aliphatic rings. The normalized spacial score (nSPS) is 9.83. The number of methoxy groups -OCH3 is 1. The molecule has 0 bridgehead atoms. The van der Waals surface area contributed by atoms with Gasteiger partial charge in [-0.2, -0.15) is 10.4 Å². The summed E-state index contributed by atoms with van der Waals surface area (Å²) in [4.78, 5) is 11.5. The number of benzene rings is 1. The minimum Gasteiger partial charge on any atom is -0.464 e. The van der Waals surface area contributed by atoms with E-state index in [-0.39, 0.29) is 11.3 Å². The van der Waals surface area contributed by atoms with E-state index in [1.807, 2.05) is 37.3 Å². The lowest BCUT2D eigenvalue weighted by Gasteiger charge is -2.01. The Labute approximate surface area is 104 Å². The first kappa shape index (κ1) is 11.9. The Bertz CT molecular complexity index is 638. The molecule has 0 aliphatic heterocycles. The number of carbonyl (C=O) groups excluding carboxylic acids is 1. The Morgan fingerprint density at radius 3 is 2.89 bits per heavy atom. The number of ether oxygens (including phenoxy) is 1. The van der Waals surface area contributed by atoms with Crippen molar-refractivity contribution >= 4 is 5.97 Å². The fourth-order valence-corrected chi connectivity index (χ4v) is 1.61. The van der Waals surface area contributed by atoms with E-state index in [4.69, 9.17) is 5.26 Å². The minimum atomic E-state index is -0.613. The highest BCUT2D eigenvalue weighted by atomic mass is 16.5. The molecule has 0 amide bonds. The van der Waals surface area contributed by atoms with Gasteiger partial charge in [-0.1, -0.05) is 12.1 Å². The van der Waals surface area contributed by atoms with Crippen molar-refractivity contribution in [2.75, 3.05) is 7.11 Å². The summed E-state index contributed by atoms with van der Waals surface area (Å²) in [7, 11) is 1.26. The van der Waals surface area contributed by atoms with Crippen molar-refractivity contribution in [3.63, 3.8) is 0 Å². The molecule has 1 aromatic carbocycles. The third-order valence-electron chi connectivity index (χ3n) is 2.48. The largest absolute Gasteiger partial charge is 0.464 e. The van der Waals surface area contributed by atoms with E-state index in [1.165, 1.54) is 18.0 Å². The molecular weight excluding hydrogens is 230 g/mol. The summed E-state index contributed by atoms with van der Waals surface area (Å²) in [6.07, 6.45) is 1.51. The van der Waals surface area contributed by atoms with E-state index in [2.05, 4.69) is 9.84 Å². The Morgan fingerprint density at radius 1 is 1.50 bits per heavy atom. The molecule has 0 radical (unpaired) electrons. The van der Waals surface area contributed by atoms with E-state index in [1.54, 1.807) is 0 Å². The number of carbonyl (C=O) groups is 1. The van der Waals surface area contributed by atoms with Crippen molar-refractivity contribution in [1.29, 1.82) is 5.26 Å². The second kappa shape index (κ2) is 4.72. The van der Waals surface area contributed by atoms with Gasteiger partial charge in [-0.15, -0.1) is 0 Å². The summed E-state index contributed by atoms with van der Waals surface area (Å²) in [6.45, 7) is 1.96. The molecule has 2 rings (SSSR count). The van der Waals surface area contributed by atoms with Crippen molar-refractivity contribution in [2.45, 2.75) is 6.92 Å². The van der Waals surface area contributed by atoms with Crippen LogP contribution in [0.4, 0.5) is 0 Å². The van der Waals surface area contributed by atoms with Crippen LogP contribution in [0, 0.1) is 18.3 Å². The summed E-state index contributed by atoms with van der Waals surface area (Å²) in [5.74, 6) is -0.613. The third-order valence-corrected chi connectivity index (χ3v) is 2.48. The van der Waals surface area contributed by atoms with Crippen molar-refractivity contribution in [1.82, 2.24) is 9.78 Å². The smallest absolute Gasteiger partial charge is 0.359 e. The van der Waals surface area contributed by atoms with Gasteiger partial charge in [-0.3, -0.25) is 0 Å². The zero-order chi connectivity index (χ0) is 13.1. The molecule has 18 heavy (non-hydrogen) atoms. The predicted molar refractivity (Wildman–Crippen MR) is 64.4 cm³/mol. The van der Waals surface area contributed by atoms with Gasteiger partial charge < -0.3 is 4.74 Å². The lowest BCUT2D eigenvalue weighted by Crippen LogP contribution is -2.05. The van der Waals surface area contributed by atoms with Crippen LogP contribution in [-0.4, -0.2) is 22.9 Å². The monoisotopic (exact) mass is 241 g/mol. The quantitative estimate of drug-likeness (QED) is 0.752. The minimum absolute atomic E-state index is 0.0292. The lowest BCUT2D eigenvalue weighted by atomic mass is 10.2. The first-order chi connectivity index (χ1) is 8.65. The molecule has 2 aromatic rings. The maximum absolute atomic E-state index is 11.5. The van der Waals surface area contributed by atoms with Gasteiger partial charge in [0.1, 0.15) is 11.6 Å². The number of hydrogen-bond acceptors (Lipinski definition) is 4. The van der Waals surface area contributed by atoms with Crippen molar-refractivity contribution in [2.24, 2.45) is 0 Å². The van der Waals surface area contributed by atoms with Gasteiger partial charge >= 0.3 is 5.97 Å². The van der Waals surface area contributed by atoms with Crippen molar-refractivity contribution in [3.05, 3.63) is 47.3 Å². The van der Waals surface area contributed by atoms with Gasteiger partial charge in [-0.05, 0) is 24.6 Å². The SMILES string of the molecule is COC(=O)c1nn(-c2cccc(C)c2)cc1C#N.